The van der Waals surface area contributed by atoms with Gasteiger partial charge in [0, 0.05) is 50.5 Å². The smallest absolute Gasteiger partial charge is 0.252 e. The van der Waals surface area contributed by atoms with E-state index in [9.17, 15) is 9.18 Å². The van der Waals surface area contributed by atoms with Crippen LogP contribution in [0.1, 0.15) is 51.0 Å². The number of hydrogen-bond acceptors (Lipinski definition) is 7. The van der Waals surface area contributed by atoms with E-state index in [-0.39, 0.29) is 41.7 Å². The Balaban J connectivity index is 1.51. The summed E-state index contributed by atoms with van der Waals surface area (Å²) in [7, 11) is 1.73. The number of rotatable bonds is 6. The molecule has 0 aliphatic carbocycles. The van der Waals surface area contributed by atoms with Crippen molar-refractivity contribution in [1.82, 2.24) is 33.8 Å². The number of piperazine rings is 1. The molecule has 10 nitrogen and oxygen atoms in total. The molecule has 0 radical (unpaired) electrons. The number of halogens is 1. The third-order valence-corrected chi connectivity index (χ3v) is 7.70. The zero-order chi connectivity index (χ0) is 26.4. The van der Waals surface area contributed by atoms with Crippen LogP contribution in [0.4, 0.5) is 10.1 Å². The molecule has 5 rings (SSSR count). The second kappa shape index (κ2) is 9.59. The van der Waals surface area contributed by atoms with Gasteiger partial charge < -0.3 is 9.47 Å². The SMILES string of the molecule is CC[C@H]1CN(C(C)c2ccn3nc(C)c(F)c3n2)[C@H](CC)CN1c1cc(=O)n(C)c2cn(CC#N)nc12. The number of aromatic nitrogens is 6. The second-order valence-corrected chi connectivity index (χ2v) is 9.81. The van der Waals surface area contributed by atoms with E-state index in [4.69, 9.17) is 5.26 Å². The first-order valence-electron chi connectivity index (χ1n) is 12.7. The predicted octanol–water partition coefficient (Wildman–Crippen LogP) is 3.19. The number of hydrogen-bond donors (Lipinski definition) is 0. The molecule has 0 amide bonds. The number of anilines is 1. The van der Waals surface area contributed by atoms with Gasteiger partial charge in [-0.05, 0) is 32.8 Å². The van der Waals surface area contributed by atoms with Crippen LogP contribution in [0, 0.1) is 24.1 Å². The van der Waals surface area contributed by atoms with Crippen LogP contribution in [-0.2, 0) is 13.6 Å². The molecule has 37 heavy (non-hydrogen) atoms. The van der Waals surface area contributed by atoms with Gasteiger partial charge in [0.1, 0.15) is 12.1 Å². The van der Waals surface area contributed by atoms with Gasteiger partial charge in [-0.2, -0.15) is 15.5 Å². The zero-order valence-electron chi connectivity index (χ0n) is 21.9. The summed E-state index contributed by atoms with van der Waals surface area (Å²) >= 11 is 0. The number of nitrogens with zero attached hydrogens (tertiary/aromatic N) is 9. The van der Waals surface area contributed by atoms with Gasteiger partial charge in [-0.25, -0.2) is 13.9 Å². The molecule has 1 aliphatic rings. The molecule has 0 spiro atoms. The monoisotopic (exact) mass is 505 g/mol. The van der Waals surface area contributed by atoms with Crippen molar-refractivity contribution in [3.05, 3.63) is 52.1 Å². The molecule has 0 saturated carbocycles. The van der Waals surface area contributed by atoms with Gasteiger partial charge >= 0.3 is 0 Å². The zero-order valence-corrected chi connectivity index (χ0v) is 21.9. The van der Waals surface area contributed by atoms with Crippen LogP contribution in [0.5, 0.6) is 0 Å². The molecule has 0 N–H and O–H groups in total. The van der Waals surface area contributed by atoms with Crippen molar-refractivity contribution in [3.63, 3.8) is 0 Å². The molecule has 0 bridgehead atoms. The van der Waals surface area contributed by atoms with Crippen molar-refractivity contribution in [2.75, 3.05) is 18.0 Å². The normalized spacial score (nSPS) is 19.5. The lowest BCUT2D eigenvalue weighted by Crippen LogP contribution is -2.59. The molecular formula is C26H32FN9O. The maximum absolute atomic E-state index is 14.6. The van der Waals surface area contributed by atoms with Crippen LogP contribution in [0.3, 0.4) is 0 Å². The Kier molecular flexibility index (Phi) is 6.45. The summed E-state index contributed by atoms with van der Waals surface area (Å²) in [5.74, 6) is -0.386. The van der Waals surface area contributed by atoms with E-state index < -0.39 is 0 Å². The minimum Gasteiger partial charge on any atom is -0.364 e. The molecule has 1 unspecified atom stereocenters. The highest BCUT2D eigenvalue weighted by atomic mass is 19.1. The van der Waals surface area contributed by atoms with Crippen LogP contribution in [0.15, 0.2) is 29.3 Å². The van der Waals surface area contributed by atoms with E-state index >= 15 is 0 Å². The summed E-state index contributed by atoms with van der Waals surface area (Å²) in [5, 5.41) is 18.0. The van der Waals surface area contributed by atoms with Gasteiger partial charge in [-0.15, -0.1) is 0 Å². The Labute approximate surface area is 214 Å². The van der Waals surface area contributed by atoms with Crippen molar-refractivity contribution in [2.45, 2.75) is 65.2 Å². The topological polar surface area (TPSA) is 100 Å². The fourth-order valence-electron chi connectivity index (χ4n) is 5.50. The predicted molar refractivity (Wildman–Crippen MR) is 139 cm³/mol. The molecule has 5 heterocycles. The molecular weight excluding hydrogens is 473 g/mol. The van der Waals surface area contributed by atoms with Crippen LogP contribution in [0.25, 0.3) is 16.7 Å². The van der Waals surface area contributed by atoms with Gasteiger partial charge in [0.15, 0.2) is 11.5 Å². The number of nitriles is 1. The lowest BCUT2D eigenvalue weighted by molar-refractivity contribution is 0.0992. The molecule has 4 aromatic heterocycles. The second-order valence-electron chi connectivity index (χ2n) is 9.81. The molecule has 194 valence electrons. The maximum atomic E-state index is 14.6. The Hall–Kier alpha value is -3.78. The van der Waals surface area contributed by atoms with Crippen molar-refractivity contribution in [2.24, 2.45) is 7.05 Å². The van der Waals surface area contributed by atoms with Crippen LogP contribution in [0.2, 0.25) is 0 Å². The summed E-state index contributed by atoms with van der Waals surface area (Å²) in [6.45, 7) is 9.67. The quantitative estimate of drug-likeness (QED) is 0.397. The average Bonchev–Trinajstić information content (AvgIpc) is 3.45. The summed E-state index contributed by atoms with van der Waals surface area (Å²) in [4.78, 5) is 22.3. The van der Waals surface area contributed by atoms with Gasteiger partial charge in [-0.3, -0.25) is 14.4 Å². The molecule has 11 heteroatoms. The van der Waals surface area contributed by atoms with Crippen LogP contribution < -0.4 is 10.5 Å². The molecule has 1 fully saturated rings. The standard InChI is InChI=1S/C26H32FN9O/c1-6-18-14-35(21-12-23(37)32(5)22-15-33(11-9-28)31-25(21)22)19(7-2)13-34(18)17(4)20-8-10-36-26(29-20)24(27)16(3)30-36/h8,10,12,15,17-19H,6-7,11,13-14H2,1-5H3/t17?,18-,19+/m1/s1. The number of fused-ring (bicyclic) bond motifs is 2. The molecule has 0 aromatic carbocycles. The minimum atomic E-state index is -0.386. The number of pyridine rings is 1. The third-order valence-electron chi connectivity index (χ3n) is 7.70. The van der Waals surface area contributed by atoms with Crippen molar-refractivity contribution >= 4 is 22.4 Å². The van der Waals surface area contributed by atoms with Crippen molar-refractivity contribution in [3.8, 4) is 6.07 Å². The van der Waals surface area contributed by atoms with Gasteiger partial charge in [0.05, 0.1) is 34.9 Å². The Bertz CT molecular complexity index is 1560. The third kappa shape index (κ3) is 4.15. The van der Waals surface area contributed by atoms with Crippen molar-refractivity contribution < 1.29 is 4.39 Å². The maximum Gasteiger partial charge on any atom is 0.252 e. The highest BCUT2D eigenvalue weighted by Gasteiger charge is 2.37. The molecule has 1 saturated heterocycles. The Morgan fingerprint density at radius 3 is 2.68 bits per heavy atom. The summed E-state index contributed by atoms with van der Waals surface area (Å²) in [6.07, 6.45) is 5.31. The van der Waals surface area contributed by atoms with E-state index in [1.165, 1.54) is 4.52 Å². The fourth-order valence-corrected chi connectivity index (χ4v) is 5.50. The fraction of sp³-hybridized carbons (Fsp3) is 0.500. The summed E-state index contributed by atoms with van der Waals surface area (Å²) in [6, 6.07) is 6.00. The van der Waals surface area contributed by atoms with Gasteiger partial charge in [0.25, 0.3) is 5.56 Å². The largest absolute Gasteiger partial charge is 0.364 e. The van der Waals surface area contributed by atoms with Crippen LogP contribution >= 0.6 is 0 Å². The molecule has 3 atom stereocenters. The first-order chi connectivity index (χ1) is 17.8. The first-order valence-corrected chi connectivity index (χ1v) is 12.7. The minimum absolute atomic E-state index is 0.0285. The highest BCUT2D eigenvalue weighted by molar-refractivity contribution is 5.88. The van der Waals surface area contributed by atoms with E-state index in [1.807, 2.05) is 6.07 Å². The lowest BCUT2D eigenvalue weighted by Gasteiger charge is -2.49. The highest BCUT2D eigenvalue weighted by Crippen LogP contribution is 2.34. The van der Waals surface area contributed by atoms with E-state index in [0.29, 0.717) is 11.2 Å². The van der Waals surface area contributed by atoms with E-state index in [2.05, 4.69) is 51.8 Å². The Morgan fingerprint density at radius 1 is 1.22 bits per heavy atom. The summed E-state index contributed by atoms with van der Waals surface area (Å²) < 4.78 is 19.2. The molecule has 1 aliphatic heterocycles. The molecule has 4 aromatic rings. The Morgan fingerprint density at radius 2 is 1.97 bits per heavy atom. The average molecular weight is 506 g/mol. The van der Waals surface area contributed by atoms with Crippen LogP contribution in [-0.4, -0.2) is 59.0 Å². The van der Waals surface area contributed by atoms with Gasteiger partial charge in [0.2, 0.25) is 0 Å². The van der Waals surface area contributed by atoms with E-state index in [0.717, 1.165) is 42.8 Å². The first kappa shape index (κ1) is 24.9. The van der Waals surface area contributed by atoms with E-state index in [1.54, 1.807) is 41.7 Å². The van der Waals surface area contributed by atoms with Gasteiger partial charge in [-0.1, -0.05) is 13.8 Å². The summed E-state index contributed by atoms with van der Waals surface area (Å²) in [5.41, 5.74) is 3.53. The number of aryl methyl sites for hydroxylation is 2. The lowest BCUT2D eigenvalue weighted by atomic mass is 9.98. The van der Waals surface area contributed by atoms with Crippen molar-refractivity contribution in [1.29, 1.82) is 5.26 Å².